The normalized spacial score (nSPS) is 39.0. The molecule has 0 saturated carbocycles. The van der Waals surface area contributed by atoms with Gasteiger partial charge < -0.3 is 18.9 Å². The quantitative estimate of drug-likeness (QED) is 0.400. The van der Waals surface area contributed by atoms with Crippen molar-refractivity contribution in [2.45, 2.75) is 24.4 Å². The van der Waals surface area contributed by atoms with Gasteiger partial charge in [0.15, 0.2) is 0 Å². The minimum absolute atomic E-state index is 0.378. The fraction of sp³-hybridized carbons (Fsp3) is 0.727. The van der Waals surface area contributed by atoms with Crippen molar-refractivity contribution >= 4 is 5.97 Å². The van der Waals surface area contributed by atoms with E-state index in [1.165, 1.54) is 21.3 Å². The van der Waals surface area contributed by atoms with Crippen LogP contribution in [0.1, 0.15) is 6.92 Å². The van der Waals surface area contributed by atoms with E-state index in [1.807, 2.05) is 19.1 Å². The third kappa shape index (κ3) is 1.19. The molecule has 0 aromatic rings. The van der Waals surface area contributed by atoms with Crippen LogP contribution in [-0.2, 0) is 23.7 Å². The third-order valence-corrected chi connectivity index (χ3v) is 3.43. The van der Waals surface area contributed by atoms with Gasteiger partial charge in [0.1, 0.15) is 17.6 Å². The van der Waals surface area contributed by atoms with Crippen molar-refractivity contribution in [3.63, 3.8) is 0 Å². The summed E-state index contributed by atoms with van der Waals surface area (Å²) in [7, 11) is 4.35. The predicted molar refractivity (Wildman–Crippen MR) is 54.7 cm³/mol. The Morgan fingerprint density at radius 2 is 1.94 bits per heavy atom. The van der Waals surface area contributed by atoms with E-state index in [2.05, 4.69) is 0 Å². The van der Waals surface area contributed by atoms with Gasteiger partial charge in [0.25, 0.3) is 0 Å². The molecule has 5 nitrogen and oxygen atoms in total. The lowest BCUT2D eigenvalue weighted by Gasteiger charge is -2.37. The maximum absolute atomic E-state index is 11.8. The summed E-state index contributed by atoms with van der Waals surface area (Å²) in [4.78, 5) is 11.8. The summed E-state index contributed by atoms with van der Waals surface area (Å²) in [5.74, 6) is -2.09. The smallest absolute Gasteiger partial charge is 0.317 e. The van der Waals surface area contributed by atoms with Crippen LogP contribution in [0, 0.1) is 5.92 Å². The molecule has 3 atom stereocenters. The van der Waals surface area contributed by atoms with Gasteiger partial charge in [0.2, 0.25) is 5.79 Å². The maximum Gasteiger partial charge on any atom is 0.317 e. The highest BCUT2D eigenvalue weighted by Gasteiger charge is 2.68. The van der Waals surface area contributed by atoms with Gasteiger partial charge in [-0.1, -0.05) is 12.2 Å². The largest absolute Gasteiger partial charge is 0.469 e. The second kappa shape index (κ2) is 3.55. The van der Waals surface area contributed by atoms with Crippen LogP contribution in [0.4, 0.5) is 0 Å². The lowest BCUT2D eigenvalue weighted by atomic mass is 9.79. The molecule has 2 bridgehead atoms. The molecule has 2 aliphatic heterocycles. The van der Waals surface area contributed by atoms with Crippen molar-refractivity contribution in [2.24, 2.45) is 5.92 Å². The van der Waals surface area contributed by atoms with Crippen molar-refractivity contribution in [1.82, 2.24) is 0 Å². The van der Waals surface area contributed by atoms with Crippen LogP contribution >= 0.6 is 0 Å². The van der Waals surface area contributed by atoms with Crippen LogP contribution in [0.5, 0.6) is 0 Å². The van der Waals surface area contributed by atoms with E-state index in [0.717, 1.165) is 0 Å². The summed E-state index contributed by atoms with van der Waals surface area (Å²) in [6, 6.07) is 0. The highest BCUT2D eigenvalue weighted by atomic mass is 16.7. The average molecular weight is 228 g/mol. The van der Waals surface area contributed by atoms with E-state index in [-0.39, 0.29) is 6.10 Å². The molecule has 90 valence electrons. The molecule has 0 spiro atoms. The molecule has 2 rings (SSSR count). The Hall–Kier alpha value is -0.910. The lowest BCUT2D eigenvalue weighted by Crippen LogP contribution is -2.54. The first-order valence-corrected chi connectivity index (χ1v) is 5.09. The molecule has 0 amide bonds. The molecular formula is C11H16O5. The molecule has 2 aliphatic rings. The van der Waals surface area contributed by atoms with E-state index in [0.29, 0.717) is 0 Å². The molecule has 5 heteroatoms. The fourth-order valence-electron chi connectivity index (χ4n) is 2.64. The van der Waals surface area contributed by atoms with Crippen LogP contribution in [0.2, 0.25) is 0 Å². The van der Waals surface area contributed by atoms with Crippen LogP contribution in [0.15, 0.2) is 12.2 Å². The second-order valence-electron chi connectivity index (χ2n) is 4.17. The van der Waals surface area contributed by atoms with Gasteiger partial charge in [0, 0.05) is 14.2 Å². The first kappa shape index (κ1) is 11.6. The Morgan fingerprint density at radius 3 is 2.44 bits per heavy atom. The molecule has 1 fully saturated rings. The summed E-state index contributed by atoms with van der Waals surface area (Å²) in [5.41, 5.74) is -0.718. The molecule has 0 aliphatic carbocycles. The predicted octanol–water partition coefficient (Wildman–Crippen LogP) is 0.492. The number of ether oxygens (including phenoxy) is 4. The first-order chi connectivity index (χ1) is 7.54. The van der Waals surface area contributed by atoms with Crippen molar-refractivity contribution in [2.75, 3.05) is 21.3 Å². The van der Waals surface area contributed by atoms with Gasteiger partial charge in [-0.05, 0) is 6.92 Å². The SMILES string of the molecule is COC(=O)[C@H]1C(OC)(OC)[C@@H]2C=C[C@@]1(C)O2. The fourth-order valence-corrected chi connectivity index (χ4v) is 2.64. The highest BCUT2D eigenvalue weighted by molar-refractivity contribution is 5.77. The molecule has 0 aromatic heterocycles. The van der Waals surface area contributed by atoms with Crippen molar-refractivity contribution in [1.29, 1.82) is 0 Å². The molecule has 0 aromatic carbocycles. The van der Waals surface area contributed by atoms with Gasteiger partial charge in [0.05, 0.1) is 7.11 Å². The number of carbonyl (C=O) groups excluding carboxylic acids is 1. The van der Waals surface area contributed by atoms with E-state index in [1.54, 1.807) is 0 Å². The Labute approximate surface area is 94.3 Å². The summed E-state index contributed by atoms with van der Waals surface area (Å²) in [6.07, 6.45) is 3.33. The van der Waals surface area contributed by atoms with Crippen LogP contribution in [0.25, 0.3) is 0 Å². The molecule has 1 saturated heterocycles. The summed E-state index contributed by atoms with van der Waals surface area (Å²) >= 11 is 0. The molecular weight excluding hydrogens is 212 g/mol. The Kier molecular flexibility index (Phi) is 2.57. The van der Waals surface area contributed by atoms with Crippen LogP contribution < -0.4 is 0 Å². The van der Waals surface area contributed by atoms with Gasteiger partial charge in [-0.2, -0.15) is 0 Å². The maximum atomic E-state index is 11.8. The van der Waals surface area contributed by atoms with Crippen molar-refractivity contribution < 1.29 is 23.7 Å². The zero-order valence-electron chi connectivity index (χ0n) is 9.85. The van der Waals surface area contributed by atoms with E-state index < -0.39 is 23.3 Å². The molecule has 0 N–H and O–H groups in total. The van der Waals surface area contributed by atoms with Gasteiger partial charge in [-0.25, -0.2) is 0 Å². The zero-order chi connectivity index (χ0) is 12.0. The molecule has 2 heterocycles. The average Bonchev–Trinajstić information content (AvgIpc) is 2.79. The number of rotatable bonds is 3. The Bertz CT molecular complexity index is 333. The summed E-state index contributed by atoms with van der Waals surface area (Å²) in [5, 5.41) is 0. The number of esters is 1. The number of methoxy groups -OCH3 is 3. The topological polar surface area (TPSA) is 54.0 Å². The number of hydrogen-bond acceptors (Lipinski definition) is 5. The second-order valence-corrected chi connectivity index (χ2v) is 4.17. The van der Waals surface area contributed by atoms with E-state index >= 15 is 0 Å². The Balaban J connectivity index is 2.45. The minimum Gasteiger partial charge on any atom is -0.469 e. The van der Waals surface area contributed by atoms with Crippen LogP contribution in [-0.4, -0.2) is 44.8 Å². The first-order valence-electron chi connectivity index (χ1n) is 5.09. The molecule has 0 radical (unpaired) electrons. The standard InChI is InChI=1S/C11H16O5/c1-10-6-5-7(16-10)11(14-3,15-4)8(10)9(12)13-2/h5-8H,1-4H3/t7-,8+,10+/m0/s1. The van der Waals surface area contributed by atoms with Crippen molar-refractivity contribution in [3.05, 3.63) is 12.2 Å². The minimum atomic E-state index is -1.09. The van der Waals surface area contributed by atoms with E-state index in [4.69, 9.17) is 18.9 Å². The van der Waals surface area contributed by atoms with Gasteiger partial charge in [-0.15, -0.1) is 0 Å². The number of fused-ring (bicyclic) bond motifs is 2. The van der Waals surface area contributed by atoms with Gasteiger partial charge in [-0.3, -0.25) is 4.79 Å². The van der Waals surface area contributed by atoms with Crippen LogP contribution in [0.3, 0.4) is 0 Å². The molecule has 16 heavy (non-hydrogen) atoms. The third-order valence-electron chi connectivity index (χ3n) is 3.43. The number of carbonyl (C=O) groups is 1. The monoisotopic (exact) mass is 228 g/mol. The molecule has 0 unspecified atom stereocenters. The Morgan fingerprint density at radius 1 is 1.31 bits per heavy atom. The van der Waals surface area contributed by atoms with Gasteiger partial charge >= 0.3 is 5.97 Å². The number of hydrogen-bond donors (Lipinski definition) is 0. The van der Waals surface area contributed by atoms with Crippen molar-refractivity contribution in [3.8, 4) is 0 Å². The lowest BCUT2D eigenvalue weighted by molar-refractivity contribution is -0.244. The zero-order valence-corrected chi connectivity index (χ0v) is 9.85. The highest BCUT2D eigenvalue weighted by Crippen LogP contribution is 2.51. The summed E-state index contributed by atoms with van der Waals surface area (Å²) < 4.78 is 21.3. The summed E-state index contributed by atoms with van der Waals surface area (Å²) in [6.45, 7) is 1.82. The van der Waals surface area contributed by atoms with E-state index in [9.17, 15) is 4.79 Å².